The molecule has 1 aliphatic rings. The maximum atomic E-state index is 13.6. The third-order valence-electron chi connectivity index (χ3n) is 7.06. The summed E-state index contributed by atoms with van der Waals surface area (Å²) in [6.45, 7) is 0. The average Bonchev–Trinajstić information content (AvgIpc) is 3.32. The lowest BCUT2D eigenvalue weighted by molar-refractivity contribution is 0.320. The van der Waals surface area contributed by atoms with Crippen LogP contribution in [0.25, 0.3) is 32.8 Å². The molecule has 0 saturated heterocycles. The predicted octanol–water partition coefficient (Wildman–Crippen LogP) is 5.44. The topological polar surface area (TPSA) is 65.6 Å². The largest absolute Gasteiger partial charge is 0.275 e. The first-order chi connectivity index (χ1) is 16.7. The summed E-state index contributed by atoms with van der Waals surface area (Å²) in [4.78, 5) is 18.2. The summed E-state index contributed by atoms with van der Waals surface area (Å²) in [5.41, 5.74) is 4.18. The Morgan fingerprint density at radius 3 is 2.44 bits per heavy atom. The molecule has 0 atom stereocenters. The van der Waals surface area contributed by atoms with Gasteiger partial charge in [-0.15, -0.1) is 0 Å². The Morgan fingerprint density at radius 1 is 0.882 bits per heavy atom. The van der Waals surface area contributed by atoms with E-state index in [4.69, 9.17) is 0 Å². The van der Waals surface area contributed by atoms with Gasteiger partial charge >= 0.3 is 0 Å². The van der Waals surface area contributed by atoms with Crippen molar-refractivity contribution in [2.75, 3.05) is 0 Å². The first kappa shape index (κ1) is 20.8. The molecule has 6 heteroatoms. The van der Waals surface area contributed by atoms with E-state index in [1.54, 1.807) is 9.36 Å². The third kappa shape index (κ3) is 3.69. The van der Waals surface area contributed by atoms with Crippen LogP contribution >= 0.6 is 0 Å². The molecule has 3 heterocycles. The Hall–Kier alpha value is -3.80. The number of pyridine rings is 1. The molecule has 5 aromatic rings. The summed E-state index contributed by atoms with van der Waals surface area (Å²) in [7, 11) is 1.90. The first-order valence-corrected chi connectivity index (χ1v) is 12.0. The van der Waals surface area contributed by atoms with Crippen molar-refractivity contribution in [3.63, 3.8) is 0 Å². The third-order valence-corrected chi connectivity index (χ3v) is 7.06. The van der Waals surface area contributed by atoms with Crippen molar-refractivity contribution in [1.29, 1.82) is 0 Å². The van der Waals surface area contributed by atoms with Gasteiger partial charge in [-0.3, -0.25) is 14.5 Å². The molecule has 0 amide bonds. The second kappa shape index (κ2) is 8.52. The first-order valence-electron chi connectivity index (χ1n) is 12.0. The molecule has 3 aromatic heterocycles. The molecule has 0 spiro atoms. The minimum absolute atomic E-state index is 0.0291. The van der Waals surface area contributed by atoms with Crippen molar-refractivity contribution >= 4 is 21.5 Å². The van der Waals surface area contributed by atoms with Crippen molar-refractivity contribution in [3.05, 3.63) is 88.7 Å². The minimum atomic E-state index is 0.0291. The van der Waals surface area contributed by atoms with Crippen molar-refractivity contribution in [1.82, 2.24) is 24.5 Å². The van der Waals surface area contributed by atoms with E-state index in [0.717, 1.165) is 56.8 Å². The number of fused-ring (bicyclic) bond motifs is 3. The molecular formula is C28H27N5O. The van der Waals surface area contributed by atoms with Crippen LogP contribution in [-0.2, 0) is 13.5 Å². The van der Waals surface area contributed by atoms with Gasteiger partial charge in [-0.25, -0.2) is 4.68 Å². The Labute approximate surface area is 197 Å². The molecule has 1 aliphatic carbocycles. The zero-order valence-corrected chi connectivity index (χ0v) is 19.3. The standard InChI is InChI=1S/C28H27N5O/c1-32-18-21(16-30-32)27-12-11-19(15-29-27)13-20-14-25-26(24-10-6-5-9-23(20)24)17-31-33(28(25)34)22-7-3-2-4-8-22/h5-6,9-12,14-18,22H,2-4,7-8,13H2,1H3. The highest BCUT2D eigenvalue weighted by Crippen LogP contribution is 2.30. The second-order valence-electron chi connectivity index (χ2n) is 9.36. The van der Waals surface area contributed by atoms with Crippen LogP contribution < -0.4 is 5.56 Å². The minimum Gasteiger partial charge on any atom is -0.275 e. The summed E-state index contributed by atoms with van der Waals surface area (Å²) < 4.78 is 3.52. The number of hydrogen-bond donors (Lipinski definition) is 0. The summed E-state index contributed by atoms with van der Waals surface area (Å²) >= 11 is 0. The highest BCUT2D eigenvalue weighted by atomic mass is 16.1. The highest BCUT2D eigenvalue weighted by Gasteiger charge is 2.19. The van der Waals surface area contributed by atoms with Gasteiger partial charge < -0.3 is 0 Å². The van der Waals surface area contributed by atoms with E-state index in [-0.39, 0.29) is 11.6 Å². The lowest BCUT2D eigenvalue weighted by Gasteiger charge is -2.23. The fourth-order valence-corrected chi connectivity index (χ4v) is 5.29. The normalized spacial score (nSPS) is 14.7. The molecule has 0 radical (unpaired) electrons. The molecule has 34 heavy (non-hydrogen) atoms. The van der Waals surface area contributed by atoms with Gasteiger partial charge in [-0.1, -0.05) is 49.6 Å². The molecule has 0 unspecified atom stereocenters. The molecule has 170 valence electrons. The summed E-state index contributed by atoms with van der Waals surface area (Å²) in [5.74, 6) is 0. The average molecular weight is 450 g/mol. The predicted molar refractivity (Wildman–Crippen MR) is 135 cm³/mol. The van der Waals surface area contributed by atoms with Crippen LogP contribution in [-0.4, -0.2) is 24.5 Å². The van der Waals surface area contributed by atoms with E-state index >= 15 is 0 Å². The quantitative estimate of drug-likeness (QED) is 0.343. The number of nitrogens with zero attached hydrogens (tertiary/aromatic N) is 5. The fourth-order valence-electron chi connectivity index (χ4n) is 5.29. The van der Waals surface area contributed by atoms with Crippen LogP contribution in [0.15, 0.2) is 72.0 Å². The van der Waals surface area contributed by atoms with Crippen LogP contribution in [0.2, 0.25) is 0 Å². The summed E-state index contributed by atoms with van der Waals surface area (Å²) in [5, 5.41) is 12.8. The Bertz CT molecular complexity index is 1540. The van der Waals surface area contributed by atoms with Gasteiger partial charge in [0, 0.05) is 30.4 Å². The molecule has 1 fully saturated rings. The monoisotopic (exact) mass is 449 g/mol. The van der Waals surface area contributed by atoms with Crippen LogP contribution in [0.5, 0.6) is 0 Å². The molecule has 0 bridgehead atoms. The number of aromatic nitrogens is 5. The van der Waals surface area contributed by atoms with Gasteiger partial charge in [0.05, 0.1) is 29.5 Å². The van der Waals surface area contributed by atoms with Crippen molar-refractivity contribution in [3.8, 4) is 11.3 Å². The zero-order chi connectivity index (χ0) is 23.1. The van der Waals surface area contributed by atoms with Gasteiger partial charge in [0.15, 0.2) is 0 Å². The van der Waals surface area contributed by atoms with Crippen molar-refractivity contribution < 1.29 is 0 Å². The van der Waals surface area contributed by atoms with E-state index in [0.29, 0.717) is 6.42 Å². The summed E-state index contributed by atoms with van der Waals surface area (Å²) in [6, 6.07) is 14.8. The van der Waals surface area contributed by atoms with Gasteiger partial charge in [0.2, 0.25) is 0 Å². The van der Waals surface area contributed by atoms with Gasteiger partial charge in [-0.2, -0.15) is 10.2 Å². The second-order valence-corrected chi connectivity index (χ2v) is 9.36. The van der Waals surface area contributed by atoms with Crippen LogP contribution in [0.4, 0.5) is 0 Å². The molecular weight excluding hydrogens is 422 g/mol. The molecule has 0 aliphatic heterocycles. The van der Waals surface area contributed by atoms with Gasteiger partial charge in [0.1, 0.15) is 0 Å². The molecule has 1 saturated carbocycles. The number of aryl methyl sites for hydroxylation is 1. The SMILES string of the molecule is Cn1cc(-c2ccc(Cc3cc4c(=O)n(C5CCCCC5)ncc4c4ccccc34)cn2)cn1. The Morgan fingerprint density at radius 2 is 1.71 bits per heavy atom. The lowest BCUT2D eigenvalue weighted by atomic mass is 9.94. The molecule has 2 aromatic carbocycles. The summed E-state index contributed by atoms with van der Waals surface area (Å²) in [6.07, 6.45) is 14.0. The number of hydrogen-bond acceptors (Lipinski definition) is 4. The van der Waals surface area contributed by atoms with Gasteiger partial charge in [0.25, 0.3) is 5.56 Å². The van der Waals surface area contributed by atoms with Crippen molar-refractivity contribution in [2.24, 2.45) is 7.05 Å². The van der Waals surface area contributed by atoms with Gasteiger partial charge in [-0.05, 0) is 53.3 Å². The van der Waals surface area contributed by atoms with E-state index in [1.165, 1.54) is 19.3 Å². The number of benzene rings is 2. The van der Waals surface area contributed by atoms with Crippen LogP contribution in [0.3, 0.4) is 0 Å². The Kier molecular flexibility index (Phi) is 5.21. The fraction of sp³-hybridized carbons (Fsp3) is 0.286. The molecule has 6 rings (SSSR count). The van der Waals surface area contributed by atoms with Crippen molar-refractivity contribution in [2.45, 2.75) is 44.6 Å². The van der Waals surface area contributed by atoms with E-state index in [2.05, 4.69) is 45.5 Å². The number of rotatable bonds is 4. The molecule has 0 N–H and O–H groups in total. The smallest absolute Gasteiger partial charge is 0.274 e. The van der Waals surface area contributed by atoms with Crippen LogP contribution in [0, 0.1) is 0 Å². The zero-order valence-electron chi connectivity index (χ0n) is 19.3. The van der Waals surface area contributed by atoms with E-state index in [1.807, 2.05) is 44.0 Å². The van der Waals surface area contributed by atoms with E-state index < -0.39 is 0 Å². The Balaban J connectivity index is 1.43. The van der Waals surface area contributed by atoms with E-state index in [9.17, 15) is 4.79 Å². The maximum absolute atomic E-state index is 13.6. The molecule has 6 nitrogen and oxygen atoms in total. The maximum Gasteiger partial charge on any atom is 0.274 e. The highest BCUT2D eigenvalue weighted by molar-refractivity contribution is 6.08. The van der Waals surface area contributed by atoms with Crippen LogP contribution in [0.1, 0.15) is 49.3 Å². The lowest BCUT2D eigenvalue weighted by Crippen LogP contribution is -2.28.